The number of piperidine rings is 1. The fourth-order valence-corrected chi connectivity index (χ4v) is 5.45. The molecule has 1 aromatic carbocycles. The van der Waals surface area contributed by atoms with Crippen molar-refractivity contribution in [2.45, 2.75) is 84.5 Å². The van der Waals surface area contributed by atoms with Crippen LogP contribution in [0.5, 0.6) is 5.75 Å². The first kappa shape index (κ1) is 29.0. The molecule has 2 fully saturated rings. The Kier molecular flexibility index (Phi) is 10.4. The maximum absolute atomic E-state index is 13.6. The number of ether oxygens (including phenoxy) is 1. The number of aliphatic hydroxyl groups excluding tert-OH is 1. The first-order chi connectivity index (χ1) is 17.6. The van der Waals surface area contributed by atoms with Gasteiger partial charge < -0.3 is 25.0 Å². The summed E-state index contributed by atoms with van der Waals surface area (Å²) in [5.74, 6) is 0.731. The second kappa shape index (κ2) is 13.3. The van der Waals surface area contributed by atoms with Crippen LogP contribution < -0.4 is 10.1 Å². The molecule has 206 valence electrons. The number of hydrogen-bond acceptors (Lipinski definition) is 5. The summed E-state index contributed by atoms with van der Waals surface area (Å²) in [4.78, 5) is 41.8. The Balaban J connectivity index is 1.60. The monoisotopic (exact) mass is 515 g/mol. The summed E-state index contributed by atoms with van der Waals surface area (Å²) in [6, 6.07) is 6.77. The molecule has 8 nitrogen and oxygen atoms in total. The first-order valence-electron chi connectivity index (χ1n) is 13.7. The van der Waals surface area contributed by atoms with E-state index in [9.17, 15) is 19.5 Å². The van der Waals surface area contributed by atoms with Crippen LogP contribution in [0.1, 0.15) is 71.3 Å². The molecule has 1 aliphatic heterocycles. The predicted molar refractivity (Wildman–Crippen MR) is 143 cm³/mol. The van der Waals surface area contributed by atoms with Gasteiger partial charge in [0.05, 0.1) is 12.5 Å². The fourth-order valence-electron chi connectivity index (χ4n) is 5.45. The SMILES string of the molecule is CN(C=O)CC(CC1CCCC1)C(=O)NC(C(=O)N1CCC(Oc2ccc(CO)cc2)CC1)C(C)(C)C. The van der Waals surface area contributed by atoms with Crippen LogP contribution in [0.4, 0.5) is 0 Å². The smallest absolute Gasteiger partial charge is 0.245 e. The second-order valence-electron chi connectivity index (χ2n) is 11.9. The summed E-state index contributed by atoms with van der Waals surface area (Å²) in [5, 5.41) is 12.3. The molecule has 1 aromatic rings. The number of likely N-dealkylation sites (tertiary alicyclic amines) is 1. The largest absolute Gasteiger partial charge is 0.490 e. The molecule has 1 aliphatic carbocycles. The third-order valence-electron chi connectivity index (χ3n) is 7.71. The first-order valence-corrected chi connectivity index (χ1v) is 13.7. The third kappa shape index (κ3) is 8.45. The van der Waals surface area contributed by atoms with Crippen LogP contribution in [0.25, 0.3) is 0 Å². The highest BCUT2D eigenvalue weighted by Crippen LogP contribution is 2.31. The minimum atomic E-state index is -0.642. The molecule has 0 aromatic heterocycles. The van der Waals surface area contributed by atoms with E-state index >= 15 is 0 Å². The van der Waals surface area contributed by atoms with Crippen LogP contribution >= 0.6 is 0 Å². The molecule has 1 heterocycles. The van der Waals surface area contributed by atoms with E-state index < -0.39 is 11.5 Å². The van der Waals surface area contributed by atoms with Gasteiger partial charge in [0, 0.05) is 39.5 Å². The van der Waals surface area contributed by atoms with Crippen LogP contribution in [0, 0.1) is 17.3 Å². The molecule has 0 radical (unpaired) electrons. The standard InChI is InChI=1S/C29H45N3O5/c1-29(2,3)26(30-27(35)23(18-31(4)20-34)17-21-7-5-6-8-21)28(36)32-15-13-25(14-16-32)37-24-11-9-22(19-33)10-12-24/h9-12,20-21,23,25-26,33H,5-8,13-19H2,1-4H3,(H,30,35). The van der Waals surface area contributed by atoms with Crippen LogP contribution in [0.3, 0.4) is 0 Å². The van der Waals surface area contributed by atoms with E-state index in [0.29, 0.717) is 38.4 Å². The molecule has 8 heteroatoms. The Hall–Kier alpha value is -2.61. The molecular weight excluding hydrogens is 470 g/mol. The van der Waals surface area contributed by atoms with Gasteiger partial charge in [-0.1, -0.05) is 58.6 Å². The Morgan fingerprint density at radius 3 is 2.30 bits per heavy atom. The van der Waals surface area contributed by atoms with Crippen molar-refractivity contribution in [2.24, 2.45) is 17.3 Å². The quantitative estimate of drug-likeness (QED) is 0.440. The van der Waals surface area contributed by atoms with E-state index in [-0.39, 0.29) is 30.4 Å². The van der Waals surface area contributed by atoms with E-state index in [2.05, 4.69) is 5.32 Å². The summed E-state index contributed by atoms with van der Waals surface area (Å²) in [5.41, 5.74) is 0.384. The highest BCUT2D eigenvalue weighted by atomic mass is 16.5. The Bertz CT molecular complexity index is 884. The summed E-state index contributed by atoms with van der Waals surface area (Å²) >= 11 is 0. The molecule has 0 bridgehead atoms. The zero-order valence-electron chi connectivity index (χ0n) is 22.9. The Labute approximate surface area is 221 Å². The van der Waals surface area contributed by atoms with Gasteiger partial charge in [-0.05, 0) is 35.4 Å². The second-order valence-corrected chi connectivity index (χ2v) is 11.9. The summed E-state index contributed by atoms with van der Waals surface area (Å²) < 4.78 is 6.09. The van der Waals surface area contributed by atoms with Crippen molar-refractivity contribution in [1.82, 2.24) is 15.1 Å². The molecule has 2 N–H and O–H groups in total. The van der Waals surface area contributed by atoms with Crippen molar-refractivity contribution >= 4 is 18.2 Å². The predicted octanol–water partition coefficient (Wildman–Crippen LogP) is 3.36. The number of rotatable bonds is 11. The highest BCUT2D eigenvalue weighted by Gasteiger charge is 2.39. The van der Waals surface area contributed by atoms with Gasteiger partial charge in [0.15, 0.2) is 0 Å². The number of hydrogen-bond donors (Lipinski definition) is 2. The molecule has 3 amide bonds. The summed E-state index contributed by atoms with van der Waals surface area (Å²) in [6.45, 7) is 7.43. The molecule has 1 saturated carbocycles. The number of carbonyl (C=O) groups excluding carboxylic acids is 3. The van der Waals surface area contributed by atoms with Gasteiger partial charge in [-0.15, -0.1) is 0 Å². The Morgan fingerprint density at radius 1 is 1.14 bits per heavy atom. The van der Waals surface area contributed by atoms with E-state index in [1.165, 1.54) is 17.7 Å². The van der Waals surface area contributed by atoms with Crippen LogP contribution in [-0.4, -0.2) is 72.0 Å². The number of aliphatic hydroxyl groups is 1. The number of nitrogens with zero attached hydrogens (tertiary/aromatic N) is 2. The number of nitrogens with one attached hydrogen (secondary N) is 1. The molecule has 3 rings (SSSR count). The van der Waals surface area contributed by atoms with Crippen LogP contribution in [0.15, 0.2) is 24.3 Å². The van der Waals surface area contributed by atoms with Gasteiger partial charge in [-0.2, -0.15) is 0 Å². The molecule has 2 atom stereocenters. The van der Waals surface area contributed by atoms with Crippen LogP contribution in [-0.2, 0) is 21.0 Å². The number of carbonyl (C=O) groups is 3. The maximum Gasteiger partial charge on any atom is 0.245 e. The molecule has 0 spiro atoms. The van der Waals surface area contributed by atoms with Crippen molar-refractivity contribution in [1.29, 1.82) is 0 Å². The normalized spacial score (nSPS) is 18.8. The molecule has 37 heavy (non-hydrogen) atoms. The van der Waals surface area contributed by atoms with Crippen molar-refractivity contribution in [3.8, 4) is 5.75 Å². The van der Waals surface area contributed by atoms with Crippen molar-refractivity contribution in [2.75, 3.05) is 26.7 Å². The fraction of sp³-hybridized carbons (Fsp3) is 0.690. The van der Waals surface area contributed by atoms with Gasteiger partial charge in [-0.3, -0.25) is 14.4 Å². The van der Waals surface area contributed by atoms with E-state index in [0.717, 1.165) is 37.0 Å². The third-order valence-corrected chi connectivity index (χ3v) is 7.71. The van der Waals surface area contributed by atoms with Gasteiger partial charge in [0.1, 0.15) is 17.9 Å². The summed E-state index contributed by atoms with van der Waals surface area (Å²) in [7, 11) is 1.70. The topological polar surface area (TPSA) is 99.2 Å². The zero-order chi connectivity index (χ0) is 27.0. The van der Waals surface area contributed by atoms with E-state index in [4.69, 9.17) is 4.74 Å². The van der Waals surface area contributed by atoms with Crippen molar-refractivity contribution < 1.29 is 24.2 Å². The van der Waals surface area contributed by atoms with E-state index in [1.807, 2.05) is 49.9 Å². The molecule has 2 unspecified atom stereocenters. The van der Waals surface area contributed by atoms with Gasteiger partial charge >= 0.3 is 0 Å². The zero-order valence-corrected chi connectivity index (χ0v) is 22.9. The van der Waals surface area contributed by atoms with Crippen molar-refractivity contribution in [3.63, 3.8) is 0 Å². The lowest BCUT2D eigenvalue weighted by molar-refractivity contribution is -0.142. The van der Waals surface area contributed by atoms with Gasteiger partial charge in [-0.25, -0.2) is 0 Å². The minimum Gasteiger partial charge on any atom is -0.490 e. The number of amides is 3. The Morgan fingerprint density at radius 2 is 1.76 bits per heavy atom. The number of benzene rings is 1. The average Bonchev–Trinajstić information content (AvgIpc) is 3.39. The van der Waals surface area contributed by atoms with Crippen molar-refractivity contribution in [3.05, 3.63) is 29.8 Å². The lowest BCUT2D eigenvalue weighted by atomic mass is 9.84. The average molecular weight is 516 g/mol. The summed E-state index contributed by atoms with van der Waals surface area (Å²) in [6.07, 6.45) is 7.59. The van der Waals surface area contributed by atoms with Crippen LogP contribution in [0.2, 0.25) is 0 Å². The van der Waals surface area contributed by atoms with Gasteiger partial charge in [0.25, 0.3) is 0 Å². The van der Waals surface area contributed by atoms with E-state index in [1.54, 1.807) is 7.05 Å². The lowest BCUT2D eigenvalue weighted by Gasteiger charge is -2.39. The molecular formula is C29H45N3O5. The molecule has 1 saturated heterocycles. The maximum atomic E-state index is 13.6. The molecule has 2 aliphatic rings. The highest BCUT2D eigenvalue weighted by molar-refractivity contribution is 5.89. The minimum absolute atomic E-state index is 0.00137. The van der Waals surface area contributed by atoms with Gasteiger partial charge in [0.2, 0.25) is 18.2 Å². The lowest BCUT2D eigenvalue weighted by Crippen LogP contribution is -2.58.